The molecule has 170 valence electrons. The molecule has 0 aliphatic rings. The summed E-state index contributed by atoms with van der Waals surface area (Å²) in [6, 6.07) is 9.18. The normalized spacial score (nSPS) is 9.41. The van der Waals surface area contributed by atoms with Gasteiger partial charge in [-0.2, -0.15) is 0 Å². The molecule has 0 spiro atoms. The Morgan fingerprint density at radius 2 is 1.44 bits per heavy atom. The zero-order chi connectivity index (χ0) is 22.6. The van der Waals surface area contributed by atoms with E-state index in [1.807, 2.05) is 45.9 Å². The van der Waals surface area contributed by atoms with E-state index in [4.69, 9.17) is 4.74 Å². The van der Waals surface area contributed by atoms with E-state index in [0.29, 0.717) is 31.7 Å². The molecule has 32 heavy (non-hydrogen) atoms. The van der Waals surface area contributed by atoms with Gasteiger partial charge in [0.2, 0.25) is 6.09 Å². The number of nitrogens with zero attached hydrogens (tertiary/aromatic N) is 2. The Labute approximate surface area is 292 Å². The summed E-state index contributed by atoms with van der Waals surface area (Å²) in [4.78, 5) is 34.7. The third-order valence-corrected chi connectivity index (χ3v) is 4.24. The molecule has 0 atom stereocenters. The zero-order valence-corrected chi connectivity index (χ0v) is 30.9. The van der Waals surface area contributed by atoms with Crippen molar-refractivity contribution >= 4 is 23.5 Å². The Hall–Kier alpha value is 1.24. The van der Waals surface area contributed by atoms with Crippen molar-refractivity contribution in [2.75, 3.05) is 13.2 Å². The Balaban J connectivity index is -0.00000204. The van der Waals surface area contributed by atoms with Crippen LogP contribution in [0.25, 0.3) is 10.6 Å². The van der Waals surface area contributed by atoms with Crippen molar-refractivity contribution in [3.05, 3.63) is 41.0 Å². The average molecular weight is 590 g/mol. The molecule has 0 saturated heterocycles. The summed E-state index contributed by atoms with van der Waals surface area (Å²) < 4.78 is 5.05. The molecule has 8 heteroatoms. The average Bonchev–Trinajstić information content (AvgIpc) is 2.75. The maximum absolute atomic E-state index is 11.7. The number of ketones is 1. The Kier molecular flexibility index (Phi) is 31.7. The number of ether oxygens (including phenoxy) is 1. The van der Waals surface area contributed by atoms with E-state index in [1.165, 1.54) is 0 Å². The molecule has 0 fully saturated rings. The van der Waals surface area contributed by atoms with Gasteiger partial charge in [0.25, 0.3) is 0 Å². The van der Waals surface area contributed by atoms with Crippen molar-refractivity contribution in [3.63, 3.8) is 0 Å². The molecule has 0 aliphatic heterocycles. The molecular weight excluding hydrogens is 551 g/mol. The number of para-hydroxylation sites is 1. The first-order valence-electron chi connectivity index (χ1n) is 11.2. The van der Waals surface area contributed by atoms with Crippen LogP contribution in [0.2, 0.25) is 0 Å². The summed E-state index contributed by atoms with van der Waals surface area (Å²) >= 11 is 0. The fourth-order valence-electron chi connectivity index (χ4n) is 2.51. The van der Waals surface area contributed by atoms with Crippen molar-refractivity contribution in [1.29, 1.82) is 0 Å². The Morgan fingerprint density at radius 1 is 0.844 bits per heavy atom. The first-order chi connectivity index (χ1) is 14.5. The molecule has 2 amide bonds. The number of rotatable bonds is 14. The second-order valence-corrected chi connectivity index (χ2v) is 7.08. The SMILES string of the molecule is CC.CC(C)C(=O)CCCCCOC(=O)[N-]CCCCCC(=O)[N-]c1ccccc1.[Rb+].[Rb+]. The van der Waals surface area contributed by atoms with E-state index in [1.54, 1.807) is 12.1 Å². The summed E-state index contributed by atoms with van der Waals surface area (Å²) in [7, 11) is 0. The van der Waals surface area contributed by atoms with E-state index in [2.05, 4.69) is 10.6 Å². The van der Waals surface area contributed by atoms with Gasteiger partial charge in [0, 0.05) is 12.3 Å². The third-order valence-electron chi connectivity index (χ3n) is 4.24. The summed E-state index contributed by atoms with van der Waals surface area (Å²) in [5.74, 6) is 0.244. The fourth-order valence-corrected chi connectivity index (χ4v) is 2.51. The van der Waals surface area contributed by atoms with Gasteiger partial charge >= 0.3 is 116 Å². The standard InChI is InChI=1S/C22H34N2O4.C2H6.2Rb/c1-18(2)20(25)14-8-5-11-17-28-22(27)23-16-10-4-9-15-21(26)24-19-12-6-3-7-13-19;1-2;;/h3,6-7,12-13,18H,4-5,8-11,14-17H2,1-2H3,(H2,23,24,26,27);1-2H3;;/q;;2*+1/p-2. The van der Waals surface area contributed by atoms with E-state index >= 15 is 0 Å². The quantitative estimate of drug-likeness (QED) is 0.305. The molecule has 1 aromatic carbocycles. The smallest absolute Gasteiger partial charge is 0.627 e. The number of carbonyl (C=O) groups excluding carboxylic acids is 3. The summed E-state index contributed by atoms with van der Waals surface area (Å²) in [5.41, 5.74) is 0.678. The maximum Gasteiger partial charge on any atom is 1.00 e. The topological polar surface area (TPSA) is 88.6 Å². The summed E-state index contributed by atoms with van der Waals surface area (Å²) in [6.07, 6.45) is 5.20. The molecule has 0 bridgehead atoms. The van der Waals surface area contributed by atoms with E-state index in [9.17, 15) is 14.4 Å². The van der Waals surface area contributed by atoms with E-state index in [-0.39, 0.29) is 134 Å². The second kappa shape index (κ2) is 26.8. The second-order valence-electron chi connectivity index (χ2n) is 7.08. The number of Topliss-reactive ketones (excluding diaryl/α,β-unsaturated/α-hetero) is 1. The monoisotopic (exact) mass is 588 g/mol. The number of hydrogen-bond donors (Lipinski definition) is 0. The summed E-state index contributed by atoms with van der Waals surface area (Å²) in [6.45, 7) is 8.56. The van der Waals surface area contributed by atoms with Crippen LogP contribution in [0, 0.1) is 5.92 Å². The number of benzene rings is 1. The molecule has 6 nitrogen and oxygen atoms in total. The molecule has 1 rings (SSSR count). The van der Waals surface area contributed by atoms with Crippen molar-refractivity contribution in [1.82, 2.24) is 0 Å². The molecule has 0 N–H and O–H groups in total. The minimum atomic E-state index is -0.534. The minimum Gasteiger partial charge on any atom is -0.627 e. The van der Waals surface area contributed by atoms with Gasteiger partial charge in [-0.1, -0.05) is 70.9 Å². The summed E-state index contributed by atoms with van der Waals surface area (Å²) in [5, 5.41) is 7.88. The van der Waals surface area contributed by atoms with Gasteiger partial charge in [-0.3, -0.25) is 9.59 Å². The number of amides is 2. The van der Waals surface area contributed by atoms with Crippen molar-refractivity contribution in [2.24, 2.45) is 5.92 Å². The largest absolute Gasteiger partial charge is 1.00 e. The Bertz CT molecular complexity index is 599. The predicted molar refractivity (Wildman–Crippen MR) is 122 cm³/mol. The van der Waals surface area contributed by atoms with Gasteiger partial charge in [0.05, 0.1) is 12.5 Å². The van der Waals surface area contributed by atoms with Crippen molar-refractivity contribution in [2.45, 2.75) is 79.1 Å². The van der Waals surface area contributed by atoms with Crippen LogP contribution in [0.5, 0.6) is 0 Å². The van der Waals surface area contributed by atoms with E-state index < -0.39 is 6.09 Å². The molecule has 0 aliphatic carbocycles. The minimum absolute atomic E-state index is 0. The fraction of sp³-hybridized carbons (Fsp3) is 0.625. The zero-order valence-electron chi connectivity index (χ0n) is 21.1. The number of unbranched alkanes of at least 4 members (excludes halogenated alkanes) is 4. The number of carbonyl (C=O) groups is 3. The first-order valence-corrected chi connectivity index (χ1v) is 11.2. The van der Waals surface area contributed by atoms with Crippen LogP contribution in [-0.2, 0) is 14.3 Å². The van der Waals surface area contributed by atoms with Gasteiger partial charge in [-0.05, 0) is 32.1 Å². The van der Waals surface area contributed by atoms with Crippen molar-refractivity contribution < 1.29 is 135 Å². The van der Waals surface area contributed by atoms with Gasteiger partial charge in [-0.15, -0.1) is 12.2 Å². The Morgan fingerprint density at radius 3 is 2.06 bits per heavy atom. The van der Waals surface area contributed by atoms with Gasteiger partial charge in [-0.25, -0.2) is 0 Å². The van der Waals surface area contributed by atoms with Crippen LogP contribution < -0.4 is 116 Å². The van der Waals surface area contributed by atoms with Crippen LogP contribution in [0.4, 0.5) is 10.5 Å². The van der Waals surface area contributed by atoms with Crippen LogP contribution in [0.1, 0.15) is 79.1 Å². The predicted octanol–water partition coefficient (Wildman–Crippen LogP) is 1.11. The molecule has 0 heterocycles. The first kappa shape index (κ1) is 37.8. The van der Waals surface area contributed by atoms with Gasteiger partial charge in [0.15, 0.2) is 0 Å². The molecule has 0 unspecified atom stereocenters. The van der Waals surface area contributed by atoms with Crippen LogP contribution in [0.3, 0.4) is 0 Å². The third kappa shape index (κ3) is 23.0. The molecule has 1 aromatic rings. The van der Waals surface area contributed by atoms with Gasteiger partial charge in [0.1, 0.15) is 5.78 Å². The molecule has 0 radical (unpaired) electrons. The van der Waals surface area contributed by atoms with Gasteiger partial charge < -0.3 is 20.2 Å². The molecule has 0 saturated carbocycles. The van der Waals surface area contributed by atoms with Crippen LogP contribution in [-0.4, -0.2) is 30.9 Å². The maximum atomic E-state index is 11.7. The van der Waals surface area contributed by atoms with Crippen LogP contribution in [0.15, 0.2) is 30.3 Å². The molecular formula is C24H38N2O4Rb2. The van der Waals surface area contributed by atoms with Crippen LogP contribution >= 0.6 is 0 Å². The number of hydrogen-bond acceptors (Lipinski definition) is 4. The van der Waals surface area contributed by atoms with Crippen molar-refractivity contribution in [3.8, 4) is 0 Å². The molecule has 0 aromatic heterocycles. The van der Waals surface area contributed by atoms with E-state index in [0.717, 1.165) is 38.5 Å².